The number of benzene rings is 3. The molecule has 0 unspecified atom stereocenters. The van der Waals surface area contributed by atoms with Crippen LogP contribution in [0.4, 0.5) is 4.39 Å². The smallest absolute Gasteiger partial charge is 0.335 e. The maximum absolute atomic E-state index is 13.7. The van der Waals surface area contributed by atoms with Gasteiger partial charge < -0.3 is 14.4 Å². The molecule has 0 atom stereocenters. The fourth-order valence-corrected chi connectivity index (χ4v) is 4.48. The maximum atomic E-state index is 13.7. The number of carboxylic acid groups (broad SMARTS) is 1. The zero-order valence-corrected chi connectivity index (χ0v) is 18.4. The Hall–Kier alpha value is -4.13. The zero-order chi connectivity index (χ0) is 23.3. The minimum absolute atomic E-state index is 0.0621. The number of hydrogen-bond donors (Lipinski definition) is 2. The van der Waals surface area contributed by atoms with E-state index in [-0.39, 0.29) is 17.3 Å². The number of halogens is 1. The summed E-state index contributed by atoms with van der Waals surface area (Å²) in [4.78, 5) is 11.8. The van der Waals surface area contributed by atoms with E-state index in [2.05, 4.69) is 28.6 Å². The Morgan fingerprint density at radius 2 is 1.88 bits per heavy atom. The lowest BCUT2D eigenvalue weighted by atomic mass is 9.94. The van der Waals surface area contributed by atoms with Crippen LogP contribution in [0.25, 0.3) is 38.6 Å². The van der Waals surface area contributed by atoms with Gasteiger partial charge in [-0.15, -0.1) is 0 Å². The highest BCUT2D eigenvalue weighted by Gasteiger charge is 2.25. The predicted molar refractivity (Wildman–Crippen MR) is 126 cm³/mol. The highest BCUT2D eigenvalue weighted by Crippen LogP contribution is 2.45. The second-order valence-corrected chi connectivity index (χ2v) is 8.27. The lowest BCUT2D eigenvalue weighted by Crippen LogP contribution is -2.04. The zero-order valence-electron chi connectivity index (χ0n) is 18.4. The number of aromatic nitrogens is 3. The fourth-order valence-electron chi connectivity index (χ4n) is 4.48. The summed E-state index contributed by atoms with van der Waals surface area (Å²) in [6.07, 6.45) is 1.76. The van der Waals surface area contributed by atoms with Crippen LogP contribution in [0.15, 0.2) is 60.8 Å². The van der Waals surface area contributed by atoms with Gasteiger partial charge in [-0.2, -0.15) is 5.10 Å². The molecule has 0 amide bonds. The monoisotopic (exact) mass is 443 g/mol. The number of fused-ring (bicyclic) bond motifs is 2. The van der Waals surface area contributed by atoms with Gasteiger partial charge in [-0.05, 0) is 60.5 Å². The number of methoxy groups -OCH3 is 1. The van der Waals surface area contributed by atoms with Crippen LogP contribution < -0.4 is 4.74 Å². The summed E-state index contributed by atoms with van der Waals surface area (Å²) in [7, 11) is 1.57. The number of nitrogens with zero attached hydrogens (tertiary/aromatic N) is 2. The number of rotatable bonds is 5. The van der Waals surface area contributed by atoms with E-state index >= 15 is 0 Å². The second kappa shape index (κ2) is 7.78. The minimum Gasteiger partial charge on any atom is -0.496 e. The summed E-state index contributed by atoms with van der Waals surface area (Å²) in [6.45, 7) is 4.16. The van der Waals surface area contributed by atoms with Gasteiger partial charge in [-0.1, -0.05) is 13.8 Å². The van der Waals surface area contributed by atoms with Crippen molar-refractivity contribution in [3.05, 3.63) is 77.9 Å². The van der Waals surface area contributed by atoms with E-state index in [0.717, 1.165) is 38.8 Å². The molecule has 0 radical (unpaired) electrons. The van der Waals surface area contributed by atoms with Gasteiger partial charge in [-0.3, -0.25) is 5.10 Å². The molecule has 166 valence electrons. The number of aromatic carboxylic acids is 1. The molecular weight excluding hydrogens is 421 g/mol. The summed E-state index contributed by atoms with van der Waals surface area (Å²) in [5.74, 6) is -0.685. The Bertz CT molecular complexity index is 1510. The fraction of sp³-hybridized carbons (Fsp3) is 0.154. The molecule has 0 aliphatic heterocycles. The van der Waals surface area contributed by atoms with Crippen molar-refractivity contribution in [2.24, 2.45) is 0 Å². The van der Waals surface area contributed by atoms with Crippen LogP contribution in [0.1, 0.15) is 35.8 Å². The van der Waals surface area contributed by atoms with Crippen molar-refractivity contribution < 1.29 is 19.0 Å². The molecule has 0 saturated heterocycles. The summed E-state index contributed by atoms with van der Waals surface area (Å²) >= 11 is 0. The molecule has 0 fully saturated rings. The summed E-state index contributed by atoms with van der Waals surface area (Å²) in [5, 5.41) is 18.7. The molecule has 6 nitrogen and oxygen atoms in total. The Morgan fingerprint density at radius 3 is 2.55 bits per heavy atom. The van der Waals surface area contributed by atoms with Crippen molar-refractivity contribution in [1.29, 1.82) is 0 Å². The summed E-state index contributed by atoms with van der Waals surface area (Å²) in [6, 6.07) is 15.3. The first kappa shape index (κ1) is 20.8. The summed E-state index contributed by atoms with van der Waals surface area (Å²) < 4.78 is 21.5. The van der Waals surface area contributed by atoms with Gasteiger partial charge in [0.1, 0.15) is 11.6 Å². The van der Waals surface area contributed by atoms with E-state index in [1.54, 1.807) is 37.6 Å². The number of H-pyrrole nitrogens is 1. The van der Waals surface area contributed by atoms with Gasteiger partial charge in [0.15, 0.2) is 0 Å². The number of aromatic amines is 1. The van der Waals surface area contributed by atoms with Crippen LogP contribution in [0.3, 0.4) is 0 Å². The molecule has 2 heterocycles. The molecule has 5 rings (SSSR count). The standard InChI is InChI=1S/C26H22FN3O3/c1-14(2)25-24(20-10-15(26(31)32)4-9-23(20)33-3)19-12-21-16(13-28-29-21)11-22(19)30(25)18-7-5-17(27)6-8-18/h4-14H,1-3H3,(H,28,29)(H,31,32). The third-order valence-corrected chi connectivity index (χ3v) is 5.91. The Morgan fingerprint density at radius 1 is 1.12 bits per heavy atom. The molecule has 2 N–H and O–H groups in total. The van der Waals surface area contributed by atoms with Crippen molar-refractivity contribution >= 4 is 27.8 Å². The number of carbonyl (C=O) groups is 1. The van der Waals surface area contributed by atoms with Crippen molar-refractivity contribution in [1.82, 2.24) is 14.8 Å². The van der Waals surface area contributed by atoms with Crippen LogP contribution in [0, 0.1) is 5.82 Å². The van der Waals surface area contributed by atoms with Crippen LogP contribution in [-0.4, -0.2) is 33.0 Å². The van der Waals surface area contributed by atoms with Gasteiger partial charge in [0.25, 0.3) is 0 Å². The van der Waals surface area contributed by atoms with Crippen LogP contribution in [0.2, 0.25) is 0 Å². The van der Waals surface area contributed by atoms with Crippen LogP contribution in [-0.2, 0) is 0 Å². The molecule has 0 aliphatic rings. The number of carboxylic acids is 1. The molecule has 0 bridgehead atoms. The topological polar surface area (TPSA) is 80.1 Å². The van der Waals surface area contributed by atoms with Crippen molar-refractivity contribution in [3.63, 3.8) is 0 Å². The molecule has 2 aromatic heterocycles. The van der Waals surface area contributed by atoms with Gasteiger partial charge in [0.05, 0.1) is 29.9 Å². The second-order valence-electron chi connectivity index (χ2n) is 8.27. The van der Waals surface area contributed by atoms with E-state index in [9.17, 15) is 14.3 Å². The first-order valence-corrected chi connectivity index (χ1v) is 10.6. The molecule has 33 heavy (non-hydrogen) atoms. The van der Waals surface area contributed by atoms with Crippen LogP contribution >= 0.6 is 0 Å². The Labute approximate surface area is 189 Å². The van der Waals surface area contributed by atoms with Gasteiger partial charge in [0.2, 0.25) is 0 Å². The SMILES string of the molecule is COc1ccc(C(=O)O)cc1-c1c(C(C)C)n(-c2ccc(F)cc2)c2cc3cn[nH]c3cc12. The van der Waals surface area contributed by atoms with Crippen molar-refractivity contribution in [2.75, 3.05) is 7.11 Å². The third kappa shape index (κ3) is 3.33. The first-order valence-electron chi connectivity index (χ1n) is 10.6. The van der Waals surface area contributed by atoms with Gasteiger partial charge in [0, 0.05) is 33.3 Å². The van der Waals surface area contributed by atoms with E-state index in [0.29, 0.717) is 11.3 Å². The Kier molecular flexibility index (Phi) is 4.89. The molecular formula is C26H22FN3O3. The molecule has 3 aromatic carbocycles. The number of hydrogen-bond acceptors (Lipinski definition) is 3. The number of ether oxygens (including phenoxy) is 1. The van der Waals surface area contributed by atoms with E-state index in [1.807, 2.05) is 12.1 Å². The van der Waals surface area contributed by atoms with Crippen molar-refractivity contribution in [2.45, 2.75) is 19.8 Å². The maximum Gasteiger partial charge on any atom is 0.335 e. The average molecular weight is 443 g/mol. The Balaban J connectivity index is 1.97. The third-order valence-electron chi connectivity index (χ3n) is 5.91. The predicted octanol–water partition coefficient (Wildman–Crippen LogP) is 6.14. The largest absolute Gasteiger partial charge is 0.496 e. The minimum atomic E-state index is -1.01. The van der Waals surface area contributed by atoms with E-state index in [4.69, 9.17) is 4.74 Å². The van der Waals surface area contributed by atoms with Crippen LogP contribution in [0.5, 0.6) is 5.75 Å². The van der Waals surface area contributed by atoms with Gasteiger partial charge >= 0.3 is 5.97 Å². The summed E-state index contributed by atoms with van der Waals surface area (Å²) in [5.41, 5.74) is 5.30. The molecule has 0 saturated carbocycles. The molecule has 5 aromatic rings. The molecule has 7 heteroatoms. The van der Waals surface area contributed by atoms with E-state index < -0.39 is 5.97 Å². The molecule has 0 aliphatic carbocycles. The first-order chi connectivity index (χ1) is 15.9. The highest BCUT2D eigenvalue weighted by atomic mass is 19.1. The lowest BCUT2D eigenvalue weighted by molar-refractivity contribution is 0.0697. The van der Waals surface area contributed by atoms with Crippen molar-refractivity contribution in [3.8, 4) is 22.6 Å². The average Bonchev–Trinajstić information content (AvgIpc) is 3.39. The normalized spacial score (nSPS) is 11.5. The van der Waals surface area contributed by atoms with E-state index in [1.165, 1.54) is 18.2 Å². The lowest BCUT2D eigenvalue weighted by Gasteiger charge is -2.17. The van der Waals surface area contributed by atoms with Gasteiger partial charge in [-0.25, -0.2) is 9.18 Å². The highest BCUT2D eigenvalue weighted by molar-refractivity contribution is 6.07. The quantitative estimate of drug-likeness (QED) is 0.342. The molecule has 0 spiro atoms. The number of nitrogens with one attached hydrogen (secondary N) is 1.